The van der Waals surface area contributed by atoms with Gasteiger partial charge in [-0.25, -0.2) is 9.97 Å². The van der Waals surface area contributed by atoms with Crippen molar-refractivity contribution in [3.05, 3.63) is 17.3 Å². The van der Waals surface area contributed by atoms with Crippen LogP contribution >= 0.6 is 11.3 Å². The number of nitrogens with zero attached hydrogens (tertiary/aromatic N) is 2. The number of fused-ring (bicyclic) bond motifs is 1. The molecular formula is C11H16N4S. The summed E-state index contributed by atoms with van der Waals surface area (Å²) in [6.45, 7) is 7.03. The number of hydrogen-bond acceptors (Lipinski definition) is 5. The first kappa shape index (κ1) is 11.3. The van der Waals surface area contributed by atoms with Crippen LogP contribution in [0, 0.1) is 6.92 Å². The van der Waals surface area contributed by atoms with Gasteiger partial charge in [0.05, 0.1) is 5.39 Å². The van der Waals surface area contributed by atoms with E-state index in [2.05, 4.69) is 40.5 Å². The van der Waals surface area contributed by atoms with Crippen molar-refractivity contribution >= 4 is 27.4 Å². The Balaban J connectivity index is 2.11. The molecule has 16 heavy (non-hydrogen) atoms. The lowest BCUT2D eigenvalue weighted by Crippen LogP contribution is -2.21. The predicted molar refractivity (Wildman–Crippen MR) is 69.2 cm³/mol. The van der Waals surface area contributed by atoms with Crippen molar-refractivity contribution in [1.82, 2.24) is 15.3 Å². The highest BCUT2D eigenvalue weighted by Crippen LogP contribution is 2.27. The van der Waals surface area contributed by atoms with E-state index < -0.39 is 0 Å². The molecule has 0 aliphatic carbocycles. The largest absolute Gasteiger partial charge is 0.368 e. The summed E-state index contributed by atoms with van der Waals surface area (Å²) < 4.78 is 0. The first-order valence-electron chi connectivity index (χ1n) is 5.47. The van der Waals surface area contributed by atoms with E-state index in [0.29, 0.717) is 0 Å². The third kappa shape index (κ3) is 2.48. The van der Waals surface area contributed by atoms with Crippen LogP contribution in [0.4, 0.5) is 5.82 Å². The van der Waals surface area contributed by atoms with Crippen LogP contribution < -0.4 is 10.6 Å². The lowest BCUT2D eigenvalue weighted by molar-refractivity contribution is 0.738. The number of likely N-dealkylation sites (N-methyl/N-ethyl adjacent to an activating group) is 1. The van der Waals surface area contributed by atoms with E-state index in [-0.39, 0.29) is 0 Å². The molecule has 0 radical (unpaired) electrons. The number of aromatic nitrogens is 2. The molecule has 4 nitrogen and oxygen atoms in total. The van der Waals surface area contributed by atoms with E-state index in [0.717, 1.165) is 35.7 Å². The Bertz CT molecular complexity index is 466. The molecule has 2 N–H and O–H groups in total. The lowest BCUT2D eigenvalue weighted by atomic mass is 10.3. The smallest absolute Gasteiger partial charge is 0.138 e. The molecule has 0 unspecified atom stereocenters. The highest BCUT2D eigenvalue weighted by molar-refractivity contribution is 7.18. The summed E-state index contributed by atoms with van der Waals surface area (Å²) in [5, 5.41) is 7.72. The van der Waals surface area contributed by atoms with E-state index >= 15 is 0 Å². The van der Waals surface area contributed by atoms with Crippen molar-refractivity contribution in [2.45, 2.75) is 13.8 Å². The van der Waals surface area contributed by atoms with Crippen LogP contribution in [0.2, 0.25) is 0 Å². The Labute approximate surface area is 99.1 Å². The monoisotopic (exact) mass is 236 g/mol. The molecule has 2 rings (SSSR count). The third-order valence-corrected chi connectivity index (χ3v) is 3.26. The molecule has 0 fully saturated rings. The van der Waals surface area contributed by atoms with Crippen molar-refractivity contribution in [1.29, 1.82) is 0 Å². The molecule has 2 aromatic rings. The van der Waals surface area contributed by atoms with E-state index in [9.17, 15) is 0 Å². The zero-order chi connectivity index (χ0) is 11.4. The first-order valence-corrected chi connectivity index (χ1v) is 6.28. The van der Waals surface area contributed by atoms with Crippen molar-refractivity contribution in [2.75, 3.05) is 25.0 Å². The summed E-state index contributed by atoms with van der Waals surface area (Å²) in [6.07, 6.45) is 1.62. The molecule has 0 saturated heterocycles. The molecule has 0 aliphatic heterocycles. The van der Waals surface area contributed by atoms with Crippen LogP contribution in [-0.2, 0) is 0 Å². The zero-order valence-electron chi connectivity index (χ0n) is 9.58. The van der Waals surface area contributed by atoms with Gasteiger partial charge in [-0.2, -0.15) is 0 Å². The van der Waals surface area contributed by atoms with Gasteiger partial charge in [0.25, 0.3) is 0 Å². The Hall–Kier alpha value is -1.20. The molecule has 0 aliphatic rings. The van der Waals surface area contributed by atoms with Crippen molar-refractivity contribution in [3.63, 3.8) is 0 Å². The van der Waals surface area contributed by atoms with Crippen LogP contribution in [0.3, 0.4) is 0 Å². The second-order valence-corrected chi connectivity index (χ2v) is 4.81. The van der Waals surface area contributed by atoms with Crippen molar-refractivity contribution in [3.8, 4) is 0 Å². The number of aryl methyl sites for hydroxylation is 1. The SMILES string of the molecule is CCNCCNc1ncnc2sc(C)cc12. The number of hydrogen-bond donors (Lipinski definition) is 2. The van der Waals surface area contributed by atoms with Gasteiger partial charge in [-0.3, -0.25) is 0 Å². The fourth-order valence-corrected chi connectivity index (χ4v) is 2.41. The molecule has 0 bridgehead atoms. The summed E-state index contributed by atoms with van der Waals surface area (Å²) in [5.41, 5.74) is 0. The van der Waals surface area contributed by atoms with Crippen molar-refractivity contribution in [2.24, 2.45) is 0 Å². The zero-order valence-corrected chi connectivity index (χ0v) is 10.4. The van der Waals surface area contributed by atoms with Crippen LogP contribution in [0.1, 0.15) is 11.8 Å². The van der Waals surface area contributed by atoms with E-state index in [4.69, 9.17) is 0 Å². The minimum Gasteiger partial charge on any atom is -0.368 e. The van der Waals surface area contributed by atoms with Gasteiger partial charge >= 0.3 is 0 Å². The minimum atomic E-state index is 0.884. The lowest BCUT2D eigenvalue weighted by Gasteiger charge is -2.06. The highest BCUT2D eigenvalue weighted by Gasteiger charge is 2.05. The van der Waals surface area contributed by atoms with Crippen LogP contribution in [0.5, 0.6) is 0 Å². The average Bonchev–Trinajstić information content (AvgIpc) is 2.65. The first-order chi connectivity index (χ1) is 7.81. The summed E-state index contributed by atoms with van der Waals surface area (Å²) in [7, 11) is 0. The fourth-order valence-electron chi connectivity index (χ4n) is 1.56. The molecule has 0 saturated carbocycles. The topological polar surface area (TPSA) is 49.8 Å². The van der Waals surface area contributed by atoms with Gasteiger partial charge in [0, 0.05) is 18.0 Å². The average molecular weight is 236 g/mol. The summed E-state index contributed by atoms with van der Waals surface area (Å²) in [5.74, 6) is 0.937. The third-order valence-electron chi connectivity index (χ3n) is 2.30. The molecule has 0 atom stereocenters. The minimum absolute atomic E-state index is 0.884. The van der Waals surface area contributed by atoms with Gasteiger partial charge in [-0.1, -0.05) is 6.92 Å². The number of nitrogens with one attached hydrogen (secondary N) is 2. The standard InChI is InChI=1S/C11H16N4S/c1-3-12-4-5-13-10-9-6-8(2)16-11(9)15-7-14-10/h6-7,12H,3-5H2,1-2H3,(H,13,14,15). The summed E-state index contributed by atoms with van der Waals surface area (Å²) in [6, 6.07) is 2.13. The Kier molecular flexibility index (Phi) is 3.69. The van der Waals surface area contributed by atoms with Gasteiger partial charge in [0.15, 0.2) is 0 Å². The van der Waals surface area contributed by atoms with Crippen LogP contribution in [-0.4, -0.2) is 29.6 Å². The predicted octanol–water partition coefficient (Wildman–Crippen LogP) is 2.02. The molecule has 0 spiro atoms. The Morgan fingerprint density at radius 1 is 1.31 bits per heavy atom. The molecule has 5 heteroatoms. The van der Waals surface area contributed by atoms with Gasteiger partial charge in [-0.15, -0.1) is 11.3 Å². The number of thiophene rings is 1. The van der Waals surface area contributed by atoms with Crippen LogP contribution in [0.15, 0.2) is 12.4 Å². The second kappa shape index (κ2) is 5.23. The second-order valence-electron chi connectivity index (χ2n) is 3.58. The van der Waals surface area contributed by atoms with E-state index in [1.54, 1.807) is 17.7 Å². The molecule has 86 valence electrons. The Morgan fingerprint density at radius 2 is 2.19 bits per heavy atom. The number of rotatable bonds is 5. The summed E-state index contributed by atoms with van der Waals surface area (Å²) in [4.78, 5) is 10.9. The van der Waals surface area contributed by atoms with E-state index in [1.807, 2.05) is 0 Å². The summed E-state index contributed by atoms with van der Waals surface area (Å²) >= 11 is 1.70. The van der Waals surface area contributed by atoms with Gasteiger partial charge in [0.2, 0.25) is 0 Å². The molecule has 2 aromatic heterocycles. The molecule has 0 amide bonds. The van der Waals surface area contributed by atoms with Gasteiger partial charge in [0.1, 0.15) is 17.0 Å². The normalized spacial score (nSPS) is 10.9. The van der Waals surface area contributed by atoms with E-state index in [1.165, 1.54) is 4.88 Å². The maximum absolute atomic E-state index is 4.27. The maximum Gasteiger partial charge on any atom is 0.138 e. The molecular weight excluding hydrogens is 220 g/mol. The van der Waals surface area contributed by atoms with Gasteiger partial charge in [-0.05, 0) is 19.5 Å². The highest BCUT2D eigenvalue weighted by atomic mass is 32.1. The molecule has 0 aromatic carbocycles. The van der Waals surface area contributed by atoms with Crippen LogP contribution in [0.25, 0.3) is 10.2 Å². The maximum atomic E-state index is 4.27. The van der Waals surface area contributed by atoms with Gasteiger partial charge < -0.3 is 10.6 Å². The van der Waals surface area contributed by atoms with Crippen molar-refractivity contribution < 1.29 is 0 Å². The Morgan fingerprint density at radius 3 is 3.00 bits per heavy atom. The quantitative estimate of drug-likeness (QED) is 0.780. The number of anilines is 1. The fraction of sp³-hybridized carbons (Fsp3) is 0.455. The molecule has 2 heterocycles.